The molecule has 0 aliphatic carbocycles. The molecule has 0 N–H and O–H groups in total. The Bertz CT molecular complexity index is 1380. The van der Waals surface area contributed by atoms with Gasteiger partial charge in [0.1, 0.15) is 5.76 Å². The van der Waals surface area contributed by atoms with E-state index in [9.17, 15) is 9.59 Å². The standard InChI is InChI=1S/C31H28N2O3/c1-22-14-16-24(17-15-22)31(35)33(25-9-4-3-5-10-25)29-21-23(2)32(28-13-7-6-12-27(28)29)30(34)19-18-26-11-8-20-36-26/h3-20,23,29H,21H2,1-2H3. The van der Waals surface area contributed by atoms with Gasteiger partial charge in [0, 0.05) is 29.1 Å². The van der Waals surface area contributed by atoms with E-state index in [2.05, 4.69) is 0 Å². The van der Waals surface area contributed by atoms with Crippen molar-refractivity contribution in [3.63, 3.8) is 0 Å². The summed E-state index contributed by atoms with van der Waals surface area (Å²) in [6, 6.07) is 28.5. The number of hydrogen-bond donors (Lipinski definition) is 0. The molecule has 2 heterocycles. The van der Waals surface area contributed by atoms with E-state index in [4.69, 9.17) is 4.42 Å². The summed E-state index contributed by atoms with van der Waals surface area (Å²) in [4.78, 5) is 30.9. The van der Waals surface area contributed by atoms with Gasteiger partial charge in [0.2, 0.25) is 0 Å². The maximum absolute atomic E-state index is 13.9. The van der Waals surface area contributed by atoms with Crippen molar-refractivity contribution in [2.24, 2.45) is 0 Å². The monoisotopic (exact) mass is 476 g/mol. The van der Waals surface area contributed by atoms with Gasteiger partial charge < -0.3 is 14.2 Å². The number of aryl methyl sites for hydroxylation is 1. The number of benzene rings is 3. The molecule has 1 aliphatic rings. The van der Waals surface area contributed by atoms with Gasteiger partial charge in [-0.3, -0.25) is 9.59 Å². The number of carbonyl (C=O) groups is 2. The lowest BCUT2D eigenvalue weighted by Gasteiger charge is -2.43. The van der Waals surface area contributed by atoms with Crippen molar-refractivity contribution < 1.29 is 14.0 Å². The SMILES string of the molecule is Cc1ccc(C(=O)N(c2ccccc2)C2CC(C)N(C(=O)C=Cc3ccco3)c3ccccc32)cc1. The molecule has 0 bridgehead atoms. The Kier molecular flexibility index (Phi) is 6.54. The fourth-order valence-electron chi connectivity index (χ4n) is 4.84. The van der Waals surface area contributed by atoms with Crippen molar-refractivity contribution in [2.45, 2.75) is 32.4 Å². The van der Waals surface area contributed by atoms with Gasteiger partial charge in [0.25, 0.3) is 11.8 Å². The molecule has 2 amide bonds. The van der Waals surface area contributed by atoms with Gasteiger partial charge in [-0.05, 0) is 74.4 Å². The topological polar surface area (TPSA) is 53.8 Å². The lowest BCUT2D eigenvalue weighted by molar-refractivity contribution is -0.114. The highest BCUT2D eigenvalue weighted by Gasteiger charge is 2.38. The molecular formula is C31H28N2O3. The van der Waals surface area contributed by atoms with Crippen LogP contribution in [0.3, 0.4) is 0 Å². The number of amides is 2. The molecule has 0 saturated carbocycles. The molecule has 2 unspecified atom stereocenters. The van der Waals surface area contributed by atoms with E-state index in [-0.39, 0.29) is 23.9 Å². The van der Waals surface area contributed by atoms with Gasteiger partial charge in [-0.2, -0.15) is 0 Å². The predicted molar refractivity (Wildman–Crippen MR) is 143 cm³/mol. The second-order valence-corrected chi connectivity index (χ2v) is 9.09. The van der Waals surface area contributed by atoms with Crippen LogP contribution >= 0.6 is 0 Å². The van der Waals surface area contributed by atoms with Crippen molar-refractivity contribution in [2.75, 3.05) is 9.80 Å². The van der Waals surface area contributed by atoms with Crippen molar-refractivity contribution in [1.82, 2.24) is 0 Å². The second-order valence-electron chi connectivity index (χ2n) is 9.09. The molecule has 5 heteroatoms. The summed E-state index contributed by atoms with van der Waals surface area (Å²) in [5, 5.41) is 0. The summed E-state index contributed by atoms with van der Waals surface area (Å²) in [7, 11) is 0. The van der Waals surface area contributed by atoms with Crippen LogP contribution in [0.1, 0.15) is 46.6 Å². The third-order valence-electron chi connectivity index (χ3n) is 6.59. The molecule has 2 atom stereocenters. The molecule has 5 rings (SSSR count). The van der Waals surface area contributed by atoms with Crippen LogP contribution in [0.2, 0.25) is 0 Å². The second kappa shape index (κ2) is 10.1. The number of furan rings is 1. The van der Waals surface area contributed by atoms with Gasteiger partial charge in [-0.25, -0.2) is 0 Å². The first-order valence-corrected chi connectivity index (χ1v) is 12.1. The van der Waals surface area contributed by atoms with Crippen molar-refractivity contribution in [1.29, 1.82) is 0 Å². The maximum Gasteiger partial charge on any atom is 0.258 e. The Morgan fingerprint density at radius 1 is 0.917 bits per heavy atom. The molecule has 1 aliphatic heterocycles. The number of hydrogen-bond acceptors (Lipinski definition) is 3. The van der Waals surface area contributed by atoms with E-state index in [1.807, 2.05) is 109 Å². The number of para-hydroxylation sites is 2. The highest BCUT2D eigenvalue weighted by molar-refractivity contribution is 6.08. The van der Waals surface area contributed by atoms with Gasteiger partial charge in [0.05, 0.1) is 12.3 Å². The molecule has 0 radical (unpaired) electrons. The minimum absolute atomic E-state index is 0.0642. The average molecular weight is 477 g/mol. The molecule has 36 heavy (non-hydrogen) atoms. The summed E-state index contributed by atoms with van der Waals surface area (Å²) in [6.45, 7) is 4.04. The summed E-state index contributed by atoms with van der Waals surface area (Å²) in [5.41, 5.74) is 4.32. The number of fused-ring (bicyclic) bond motifs is 1. The zero-order chi connectivity index (χ0) is 25.1. The molecule has 5 nitrogen and oxygen atoms in total. The van der Waals surface area contributed by atoms with Crippen molar-refractivity contribution in [3.05, 3.63) is 126 Å². The van der Waals surface area contributed by atoms with Crippen LogP contribution < -0.4 is 9.80 Å². The Morgan fingerprint density at radius 3 is 2.36 bits per heavy atom. The lowest BCUT2D eigenvalue weighted by Crippen LogP contribution is -2.47. The Labute approximate surface area is 211 Å². The van der Waals surface area contributed by atoms with E-state index in [1.165, 1.54) is 0 Å². The largest absolute Gasteiger partial charge is 0.465 e. The first-order chi connectivity index (χ1) is 17.5. The first kappa shape index (κ1) is 23.4. The molecular weight excluding hydrogens is 448 g/mol. The number of rotatable bonds is 5. The molecule has 0 saturated heterocycles. The van der Waals surface area contributed by atoms with E-state index in [1.54, 1.807) is 24.5 Å². The zero-order valence-electron chi connectivity index (χ0n) is 20.4. The summed E-state index contributed by atoms with van der Waals surface area (Å²) < 4.78 is 5.34. The normalized spacial score (nSPS) is 17.1. The van der Waals surface area contributed by atoms with Crippen molar-refractivity contribution >= 4 is 29.3 Å². The smallest absolute Gasteiger partial charge is 0.258 e. The summed E-state index contributed by atoms with van der Waals surface area (Å²) in [6.07, 6.45) is 5.40. The quantitative estimate of drug-likeness (QED) is 0.297. The number of nitrogens with zero attached hydrogens (tertiary/aromatic N) is 2. The van der Waals surface area contributed by atoms with Crippen LogP contribution in [0.4, 0.5) is 11.4 Å². The van der Waals surface area contributed by atoms with Crippen LogP contribution in [-0.2, 0) is 4.79 Å². The van der Waals surface area contributed by atoms with E-state index in [0.29, 0.717) is 17.7 Å². The molecule has 0 fully saturated rings. The molecule has 0 spiro atoms. The lowest BCUT2D eigenvalue weighted by atomic mass is 9.89. The fraction of sp³-hybridized carbons (Fsp3) is 0.161. The van der Waals surface area contributed by atoms with Gasteiger partial charge in [-0.15, -0.1) is 0 Å². The van der Waals surface area contributed by atoms with Gasteiger partial charge in [0.15, 0.2) is 0 Å². The minimum Gasteiger partial charge on any atom is -0.465 e. The van der Waals surface area contributed by atoms with Gasteiger partial charge in [-0.1, -0.05) is 54.1 Å². The highest BCUT2D eigenvalue weighted by atomic mass is 16.3. The molecule has 3 aromatic carbocycles. The van der Waals surface area contributed by atoms with Crippen LogP contribution in [0.5, 0.6) is 0 Å². The van der Waals surface area contributed by atoms with Crippen LogP contribution in [0, 0.1) is 6.92 Å². The van der Waals surface area contributed by atoms with E-state index in [0.717, 1.165) is 22.5 Å². The minimum atomic E-state index is -0.231. The van der Waals surface area contributed by atoms with Crippen LogP contribution in [0.15, 0.2) is 108 Å². The summed E-state index contributed by atoms with van der Waals surface area (Å²) >= 11 is 0. The van der Waals surface area contributed by atoms with E-state index < -0.39 is 0 Å². The average Bonchev–Trinajstić information content (AvgIpc) is 3.42. The van der Waals surface area contributed by atoms with Gasteiger partial charge >= 0.3 is 0 Å². The maximum atomic E-state index is 13.9. The fourth-order valence-corrected chi connectivity index (χ4v) is 4.84. The molecule has 1 aromatic heterocycles. The highest BCUT2D eigenvalue weighted by Crippen LogP contribution is 2.42. The first-order valence-electron chi connectivity index (χ1n) is 12.1. The Morgan fingerprint density at radius 2 is 1.64 bits per heavy atom. The van der Waals surface area contributed by atoms with Crippen LogP contribution in [-0.4, -0.2) is 17.9 Å². The summed E-state index contributed by atoms with van der Waals surface area (Å²) in [5.74, 6) is 0.435. The predicted octanol–water partition coefficient (Wildman–Crippen LogP) is 6.81. The van der Waals surface area contributed by atoms with Crippen molar-refractivity contribution in [3.8, 4) is 0 Å². The van der Waals surface area contributed by atoms with Crippen LogP contribution in [0.25, 0.3) is 6.08 Å². The zero-order valence-corrected chi connectivity index (χ0v) is 20.4. The Balaban J connectivity index is 1.55. The third-order valence-corrected chi connectivity index (χ3v) is 6.59. The Hall–Kier alpha value is -4.38. The van der Waals surface area contributed by atoms with E-state index >= 15 is 0 Å². The third kappa shape index (κ3) is 4.60. The number of carbonyl (C=O) groups excluding carboxylic acids is 2. The molecule has 4 aromatic rings. The number of anilines is 2. The molecule has 180 valence electrons.